The summed E-state index contributed by atoms with van der Waals surface area (Å²) in [7, 11) is 0. The smallest absolute Gasteiger partial charge is 0.328 e. The summed E-state index contributed by atoms with van der Waals surface area (Å²) in [4.78, 5) is 47.8. The van der Waals surface area contributed by atoms with Crippen LogP contribution in [0.4, 0.5) is 0 Å². The van der Waals surface area contributed by atoms with Crippen molar-refractivity contribution in [2.75, 3.05) is 6.61 Å². The van der Waals surface area contributed by atoms with Gasteiger partial charge in [-0.2, -0.15) is 0 Å². The van der Waals surface area contributed by atoms with E-state index in [9.17, 15) is 19.2 Å². The fourth-order valence-electron chi connectivity index (χ4n) is 2.24. The number of aliphatic hydroxyl groups is 1. The van der Waals surface area contributed by atoms with E-state index in [2.05, 4.69) is 16.0 Å². The van der Waals surface area contributed by atoms with Crippen LogP contribution in [0.1, 0.15) is 41.0 Å². The highest BCUT2D eigenvalue weighted by atomic mass is 16.4. The van der Waals surface area contributed by atoms with Crippen molar-refractivity contribution < 1.29 is 29.4 Å². The van der Waals surface area contributed by atoms with Crippen LogP contribution in [0.5, 0.6) is 0 Å². The lowest BCUT2D eigenvalue weighted by molar-refractivity contribution is -0.143. The van der Waals surface area contributed by atoms with Crippen LogP contribution in [0.15, 0.2) is 0 Å². The fraction of sp³-hybridized carbons (Fsp3) is 0.765. The average Bonchev–Trinajstić information content (AvgIpc) is 2.54. The molecule has 0 aliphatic heterocycles. The number of carbonyl (C=O) groups excluding carboxylic acids is 3. The maximum Gasteiger partial charge on any atom is 0.328 e. The van der Waals surface area contributed by atoms with Crippen molar-refractivity contribution in [2.24, 2.45) is 17.6 Å². The highest BCUT2D eigenvalue weighted by Crippen LogP contribution is 2.08. The Bertz CT molecular complexity index is 536. The molecule has 0 aromatic rings. The molecule has 27 heavy (non-hydrogen) atoms. The monoisotopic (exact) mass is 388 g/mol. The molecule has 156 valence electrons. The van der Waals surface area contributed by atoms with Crippen molar-refractivity contribution in [1.29, 1.82) is 0 Å². The Morgan fingerprint density at radius 1 is 0.852 bits per heavy atom. The molecule has 4 atom stereocenters. The molecule has 0 bridgehead atoms. The van der Waals surface area contributed by atoms with Gasteiger partial charge in [-0.1, -0.05) is 27.7 Å². The number of rotatable bonds is 11. The van der Waals surface area contributed by atoms with Crippen LogP contribution < -0.4 is 21.7 Å². The lowest BCUT2D eigenvalue weighted by Crippen LogP contribution is -2.58. The van der Waals surface area contributed by atoms with Crippen molar-refractivity contribution in [3.05, 3.63) is 0 Å². The molecule has 10 heteroatoms. The third-order valence-corrected chi connectivity index (χ3v) is 3.80. The summed E-state index contributed by atoms with van der Waals surface area (Å²) in [6, 6.07) is -4.18. The summed E-state index contributed by atoms with van der Waals surface area (Å²) in [5.74, 6) is -3.42. The van der Waals surface area contributed by atoms with Crippen LogP contribution in [0, 0.1) is 11.8 Å². The van der Waals surface area contributed by atoms with Crippen molar-refractivity contribution in [3.8, 4) is 0 Å². The standard InChI is InChI=1S/C17H32N4O6/c1-8(2)6-11(15(24)20-12(7-22)17(26)27)19-16(25)13(9(3)4)21-14(23)10(5)18/h8-13,22H,6-7,18H2,1-5H3,(H,19,25)(H,20,24)(H,21,23)(H,26,27). The summed E-state index contributed by atoms with van der Waals surface area (Å²) in [5, 5.41) is 25.3. The summed E-state index contributed by atoms with van der Waals surface area (Å²) in [5.41, 5.74) is 5.51. The van der Waals surface area contributed by atoms with Crippen molar-refractivity contribution >= 4 is 23.7 Å². The second-order valence-electron chi connectivity index (χ2n) is 7.29. The van der Waals surface area contributed by atoms with Gasteiger partial charge in [0.25, 0.3) is 0 Å². The molecule has 0 rings (SSSR count). The molecule has 0 fully saturated rings. The Morgan fingerprint density at radius 3 is 1.74 bits per heavy atom. The minimum absolute atomic E-state index is 0.0228. The number of hydrogen-bond donors (Lipinski definition) is 6. The Balaban J connectivity index is 5.28. The number of aliphatic hydroxyl groups excluding tert-OH is 1. The molecule has 4 unspecified atom stereocenters. The van der Waals surface area contributed by atoms with Crippen LogP contribution in [-0.4, -0.2) is 64.7 Å². The van der Waals surface area contributed by atoms with Gasteiger partial charge in [-0.25, -0.2) is 4.79 Å². The van der Waals surface area contributed by atoms with E-state index in [1.165, 1.54) is 6.92 Å². The highest BCUT2D eigenvalue weighted by Gasteiger charge is 2.31. The van der Waals surface area contributed by atoms with Crippen LogP contribution in [0.25, 0.3) is 0 Å². The number of amides is 3. The van der Waals surface area contributed by atoms with Crippen LogP contribution >= 0.6 is 0 Å². The number of nitrogens with two attached hydrogens (primary N) is 1. The summed E-state index contributed by atoms with van der Waals surface area (Å²) < 4.78 is 0. The zero-order valence-electron chi connectivity index (χ0n) is 16.5. The van der Waals surface area contributed by atoms with Crippen molar-refractivity contribution in [3.63, 3.8) is 0 Å². The summed E-state index contributed by atoms with van der Waals surface area (Å²) >= 11 is 0. The lowest BCUT2D eigenvalue weighted by Gasteiger charge is -2.27. The molecule has 0 aliphatic carbocycles. The first-order valence-corrected chi connectivity index (χ1v) is 8.91. The highest BCUT2D eigenvalue weighted by molar-refractivity contribution is 5.94. The maximum absolute atomic E-state index is 12.6. The second kappa shape index (κ2) is 11.5. The van der Waals surface area contributed by atoms with E-state index in [4.69, 9.17) is 15.9 Å². The van der Waals surface area contributed by atoms with Crippen LogP contribution in [0.3, 0.4) is 0 Å². The molecular weight excluding hydrogens is 356 g/mol. The van der Waals surface area contributed by atoms with Crippen LogP contribution in [-0.2, 0) is 19.2 Å². The molecule has 7 N–H and O–H groups in total. The van der Waals surface area contributed by atoms with E-state index < -0.39 is 54.5 Å². The van der Waals surface area contributed by atoms with E-state index in [0.717, 1.165) is 0 Å². The van der Waals surface area contributed by atoms with Gasteiger partial charge in [0.15, 0.2) is 0 Å². The fourth-order valence-corrected chi connectivity index (χ4v) is 2.24. The molecule has 0 aromatic heterocycles. The van der Waals surface area contributed by atoms with Gasteiger partial charge < -0.3 is 31.9 Å². The van der Waals surface area contributed by atoms with Gasteiger partial charge in [0.05, 0.1) is 12.6 Å². The minimum atomic E-state index is -1.47. The first kappa shape index (κ1) is 24.8. The van der Waals surface area contributed by atoms with E-state index in [-0.39, 0.29) is 18.3 Å². The number of hydrogen-bond acceptors (Lipinski definition) is 6. The third-order valence-electron chi connectivity index (χ3n) is 3.80. The molecule has 10 nitrogen and oxygen atoms in total. The predicted octanol–water partition coefficient (Wildman–Crippen LogP) is -1.43. The Morgan fingerprint density at radius 2 is 1.37 bits per heavy atom. The van der Waals surface area contributed by atoms with E-state index in [1.807, 2.05) is 13.8 Å². The van der Waals surface area contributed by atoms with E-state index in [1.54, 1.807) is 13.8 Å². The van der Waals surface area contributed by atoms with Gasteiger partial charge >= 0.3 is 5.97 Å². The molecule has 3 amide bonds. The van der Waals surface area contributed by atoms with Gasteiger partial charge in [0.2, 0.25) is 17.7 Å². The number of carboxylic acid groups (broad SMARTS) is 1. The van der Waals surface area contributed by atoms with Crippen molar-refractivity contribution in [2.45, 2.75) is 65.2 Å². The molecule has 0 radical (unpaired) electrons. The van der Waals surface area contributed by atoms with Gasteiger partial charge in [-0.3, -0.25) is 14.4 Å². The van der Waals surface area contributed by atoms with Crippen molar-refractivity contribution in [1.82, 2.24) is 16.0 Å². The normalized spacial score (nSPS) is 15.6. The largest absolute Gasteiger partial charge is 0.480 e. The second-order valence-corrected chi connectivity index (χ2v) is 7.29. The van der Waals surface area contributed by atoms with E-state index >= 15 is 0 Å². The molecule has 0 heterocycles. The first-order chi connectivity index (χ1) is 12.4. The van der Waals surface area contributed by atoms with Gasteiger partial charge in [-0.05, 0) is 25.2 Å². The predicted molar refractivity (Wildman–Crippen MR) is 98.5 cm³/mol. The SMILES string of the molecule is CC(C)CC(NC(=O)C(NC(=O)C(C)N)C(C)C)C(=O)NC(CO)C(=O)O. The molecule has 0 spiro atoms. The molecule has 0 aliphatic rings. The van der Waals surface area contributed by atoms with Gasteiger partial charge in [-0.15, -0.1) is 0 Å². The maximum atomic E-state index is 12.6. The lowest BCUT2D eigenvalue weighted by atomic mass is 9.99. The molecular formula is C17H32N4O6. The Kier molecular flexibility index (Phi) is 10.6. The Labute approximate surface area is 159 Å². The number of nitrogens with one attached hydrogen (secondary N) is 3. The summed E-state index contributed by atoms with van der Waals surface area (Å²) in [6.07, 6.45) is 0.251. The third kappa shape index (κ3) is 8.83. The Hall–Kier alpha value is -2.20. The number of carbonyl (C=O) groups is 4. The number of aliphatic carboxylic acids is 1. The molecule has 0 saturated heterocycles. The minimum Gasteiger partial charge on any atom is -0.480 e. The molecule has 0 aromatic carbocycles. The van der Waals surface area contributed by atoms with E-state index in [0.29, 0.717) is 0 Å². The summed E-state index contributed by atoms with van der Waals surface area (Å²) in [6.45, 7) is 7.85. The average molecular weight is 388 g/mol. The van der Waals surface area contributed by atoms with Crippen LogP contribution in [0.2, 0.25) is 0 Å². The first-order valence-electron chi connectivity index (χ1n) is 8.91. The zero-order chi connectivity index (χ0) is 21.3. The topological polar surface area (TPSA) is 171 Å². The zero-order valence-corrected chi connectivity index (χ0v) is 16.5. The van der Waals surface area contributed by atoms with Gasteiger partial charge in [0, 0.05) is 0 Å². The quantitative estimate of drug-likeness (QED) is 0.252. The molecule has 0 saturated carbocycles. The van der Waals surface area contributed by atoms with Gasteiger partial charge in [0.1, 0.15) is 18.1 Å². The number of carboxylic acids is 1.